The summed E-state index contributed by atoms with van der Waals surface area (Å²) in [6.45, 7) is 8.32. The Balaban J connectivity index is 1.32. The zero-order valence-electron chi connectivity index (χ0n) is 26.6. The van der Waals surface area contributed by atoms with Gasteiger partial charge >= 0.3 is 7.12 Å². The van der Waals surface area contributed by atoms with Crippen molar-refractivity contribution < 1.29 is 13.7 Å². The molecule has 3 heterocycles. The minimum absolute atomic E-state index is 0.466. The number of furan rings is 1. The average molecular weight is 603 g/mol. The molecule has 226 valence electrons. The van der Waals surface area contributed by atoms with Gasteiger partial charge in [0.05, 0.1) is 22.6 Å². The Kier molecular flexibility index (Phi) is 6.82. The quantitative estimate of drug-likeness (QED) is 0.184. The van der Waals surface area contributed by atoms with Gasteiger partial charge in [-0.15, -0.1) is 0 Å². The second-order valence-corrected chi connectivity index (χ2v) is 13.2. The summed E-state index contributed by atoms with van der Waals surface area (Å²) in [7, 11) is -0.530. The molecule has 0 N–H and O–H groups in total. The number of hydrogen-bond acceptors (Lipinski definition) is 5. The van der Waals surface area contributed by atoms with Crippen molar-refractivity contribution in [2.75, 3.05) is 0 Å². The average Bonchev–Trinajstić information content (AvgIpc) is 3.57. The largest absolute Gasteiger partial charge is 0.494 e. The van der Waals surface area contributed by atoms with Crippen molar-refractivity contribution in [1.29, 1.82) is 0 Å². The van der Waals surface area contributed by atoms with Gasteiger partial charge in [-0.3, -0.25) is 0 Å². The molecule has 1 aliphatic heterocycles. The van der Waals surface area contributed by atoms with E-state index in [9.17, 15) is 0 Å². The van der Waals surface area contributed by atoms with Gasteiger partial charge in [-0.1, -0.05) is 97.1 Å². The fourth-order valence-electron chi connectivity index (χ4n) is 6.26. The molecule has 2 aromatic heterocycles. The third-order valence-corrected chi connectivity index (χ3v) is 9.57. The number of aromatic nitrogens is 2. The van der Waals surface area contributed by atoms with Crippen molar-refractivity contribution in [2.24, 2.45) is 0 Å². The number of nitrogens with zero attached hydrogens (tertiary/aromatic N) is 2. The van der Waals surface area contributed by atoms with Gasteiger partial charge < -0.3 is 13.7 Å². The van der Waals surface area contributed by atoms with E-state index in [2.05, 4.69) is 119 Å². The van der Waals surface area contributed by atoms with Gasteiger partial charge in [0.25, 0.3) is 0 Å². The number of allylic oxidation sites excluding steroid dienone is 4. The molecule has 1 aliphatic carbocycles. The van der Waals surface area contributed by atoms with E-state index in [-0.39, 0.29) is 0 Å². The van der Waals surface area contributed by atoms with Crippen LogP contribution in [0.4, 0.5) is 0 Å². The van der Waals surface area contributed by atoms with E-state index in [1.165, 1.54) is 5.56 Å². The van der Waals surface area contributed by atoms with Crippen molar-refractivity contribution in [3.63, 3.8) is 0 Å². The Bertz CT molecular complexity index is 2140. The van der Waals surface area contributed by atoms with Crippen LogP contribution in [0.2, 0.25) is 0 Å². The van der Waals surface area contributed by atoms with Gasteiger partial charge in [-0.2, -0.15) is 0 Å². The predicted octanol–water partition coefficient (Wildman–Crippen LogP) is 9.41. The first-order valence-corrected chi connectivity index (χ1v) is 16.0. The van der Waals surface area contributed by atoms with Gasteiger partial charge in [0.15, 0.2) is 5.82 Å². The van der Waals surface area contributed by atoms with Gasteiger partial charge in [-0.25, -0.2) is 9.97 Å². The van der Waals surface area contributed by atoms with E-state index in [1.807, 2.05) is 24.3 Å². The molecule has 0 amide bonds. The highest BCUT2D eigenvalue weighted by atomic mass is 16.7. The molecule has 0 atom stereocenters. The van der Waals surface area contributed by atoms with Crippen LogP contribution in [0.5, 0.6) is 0 Å². The molecule has 0 saturated carbocycles. The molecular weight excluding hydrogens is 567 g/mol. The lowest BCUT2D eigenvalue weighted by Crippen LogP contribution is -2.41. The lowest BCUT2D eigenvalue weighted by molar-refractivity contribution is 0.00578. The minimum atomic E-state index is -0.530. The highest BCUT2D eigenvalue weighted by Gasteiger charge is 2.52. The maximum Gasteiger partial charge on any atom is 0.494 e. The highest BCUT2D eigenvalue weighted by Crippen LogP contribution is 2.40. The predicted molar refractivity (Wildman–Crippen MR) is 188 cm³/mol. The summed E-state index contributed by atoms with van der Waals surface area (Å²) in [5.74, 6) is 0.695. The van der Waals surface area contributed by atoms with Crippen LogP contribution in [0.15, 0.2) is 120 Å². The Morgan fingerprint density at radius 2 is 1.33 bits per heavy atom. The summed E-state index contributed by atoms with van der Waals surface area (Å²) in [6, 6.07) is 33.5. The van der Waals surface area contributed by atoms with Crippen LogP contribution in [-0.4, -0.2) is 28.3 Å². The first-order chi connectivity index (χ1) is 22.3. The number of rotatable bonds is 5. The molecule has 6 heteroatoms. The van der Waals surface area contributed by atoms with Gasteiger partial charge in [0, 0.05) is 27.5 Å². The van der Waals surface area contributed by atoms with Crippen molar-refractivity contribution >= 4 is 40.1 Å². The fraction of sp³-hybridized carbons (Fsp3) is 0.200. The zero-order valence-corrected chi connectivity index (χ0v) is 26.6. The molecule has 0 radical (unpaired) electrons. The molecular formula is C40H35BN2O3. The fourth-order valence-corrected chi connectivity index (χ4v) is 6.26. The van der Waals surface area contributed by atoms with Crippen molar-refractivity contribution in [3.8, 4) is 33.6 Å². The number of benzene rings is 4. The van der Waals surface area contributed by atoms with E-state index in [0.29, 0.717) is 5.82 Å². The number of hydrogen-bond donors (Lipinski definition) is 0. The minimum Gasteiger partial charge on any atom is -0.455 e. The third-order valence-electron chi connectivity index (χ3n) is 9.57. The maximum atomic E-state index is 6.56. The molecule has 5 nitrogen and oxygen atoms in total. The molecule has 2 aliphatic rings. The standard InChI is InChI=1S/C40H35BN2O3/c1-39(2)40(3,4)46-41(45-39)30-23-32-31-17-11-12-18-36(31)44-37(32)33(24-30)35-25-34(42-38(43-35)29-15-9-6-10-16-29)28-21-19-27(20-22-28)26-13-7-5-8-14-26/h5,7-9,11-25H,6,10H2,1-4H3. The summed E-state index contributed by atoms with van der Waals surface area (Å²) in [5, 5.41) is 2.05. The Labute approximate surface area is 269 Å². The Hall–Kier alpha value is -4.78. The van der Waals surface area contributed by atoms with Crippen molar-refractivity contribution in [2.45, 2.75) is 51.7 Å². The van der Waals surface area contributed by atoms with Crippen LogP contribution in [0.1, 0.15) is 46.4 Å². The van der Waals surface area contributed by atoms with Crippen LogP contribution >= 0.6 is 0 Å². The van der Waals surface area contributed by atoms with Crippen LogP contribution in [0.25, 0.3) is 61.2 Å². The Morgan fingerprint density at radius 1 is 0.652 bits per heavy atom. The first-order valence-electron chi connectivity index (χ1n) is 16.0. The molecule has 8 rings (SSSR count). The molecule has 0 bridgehead atoms. The molecule has 0 unspecified atom stereocenters. The van der Waals surface area contributed by atoms with Crippen molar-refractivity contribution in [1.82, 2.24) is 9.97 Å². The second kappa shape index (κ2) is 10.9. The third kappa shape index (κ3) is 4.98. The highest BCUT2D eigenvalue weighted by molar-refractivity contribution is 6.62. The lowest BCUT2D eigenvalue weighted by Gasteiger charge is -2.32. The molecule has 6 aromatic rings. The number of fused-ring (bicyclic) bond motifs is 3. The smallest absolute Gasteiger partial charge is 0.455 e. The van der Waals surface area contributed by atoms with Crippen LogP contribution in [0.3, 0.4) is 0 Å². The molecule has 4 aromatic carbocycles. The van der Waals surface area contributed by atoms with E-state index in [0.717, 1.165) is 73.9 Å². The van der Waals surface area contributed by atoms with E-state index in [4.69, 9.17) is 23.7 Å². The van der Waals surface area contributed by atoms with Crippen LogP contribution < -0.4 is 5.46 Å². The zero-order chi connectivity index (χ0) is 31.5. The molecule has 1 saturated heterocycles. The van der Waals surface area contributed by atoms with E-state index in [1.54, 1.807) is 0 Å². The summed E-state index contributed by atoms with van der Waals surface area (Å²) in [4.78, 5) is 10.3. The Morgan fingerprint density at radius 3 is 2.07 bits per heavy atom. The summed E-state index contributed by atoms with van der Waals surface area (Å²) < 4.78 is 19.6. The van der Waals surface area contributed by atoms with Gasteiger partial charge in [-0.05, 0) is 75.3 Å². The monoisotopic (exact) mass is 602 g/mol. The molecule has 0 spiro atoms. The van der Waals surface area contributed by atoms with Gasteiger partial charge in [0.1, 0.15) is 11.2 Å². The summed E-state index contributed by atoms with van der Waals surface area (Å²) in [6.07, 6.45) is 8.52. The molecule has 46 heavy (non-hydrogen) atoms. The second-order valence-electron chi connectivity index (χ2n) is 13.2. The first kappa shape index (κ1) is 28.7. The van der Waals surface area contributed by atoms with Crippen LogP contribution in [0, 0.1) is 0 Å². The van der Waals surface area contributed by atoms with Crippen LogP contribution in [-0.2, 0) is 9.31 Å². The normalized spacial score (nSPS) is 17.1. The SMILES string of the molecule is CC1(C)OB(c2cc(-c3cc(-c4ccc(-c5ccccc5)cc4)nc(C4=CCCC=C4)n3)c3oc4ccccc4c3c2)OC1(C)C. The number of para-hydroxylation sites is 1. The lowest BCUT2D eigenvalue weighted by atomic mass is 9.77. The van der Waals surface area contributed by atoms with E-state index < -0.39 is 18.3 Å². The van der Waals surface area contributed by atoms with Gasteiger partial charge in [0.2, 0.25) is 0 Å². The summed E-state index contributed by atoms with van der Waals surface area (Å²) >= 11 is 0. The topological polar surface area (TPSA) is 57.4 Å². The maximum absolute atomic E-state index is 6.56. The summed E-state index contributed by atoms with van der Waals surface area (Å²) in [5.41, 5.74) is 8.52. The van der Waals surface area contributed by atoms with E-state index >= 15 is 0 Å². The molecule has 1 fully saturated rings. The van der Waals surface area contributed by atoms with Crippen molar-refractivity contribution in [3.05, 3.63) is 121 Å².